The highest BCUT2D eigenvalue weighted by Gasteiger charge is 2.02. The molecule has 1 aromatic heterocycles. The van der Waals surface area contributed by atoms with Gasteiger partial charge in [-0.1, -0.05) is 17.7 Å². The number of nitrogens with zero attached hydrogens (tertiary/aromatic N) is 2. The van der Waals surface area contributed by atoms with Gasteiger partial charge in [0.25, 0.3) is 0 Å². The molecular formula is C11H9ClN2O. The summed E-state index contributed by atoms with van der Waals surface area (Å²) in [5.41, 5.74) is 2.41. The number of hydrogen-bond donors (Lipinski definition) is 0. The Labute approximate surface area is 92.3 Å². The van der Waals surface area contributed by atoms with Crippen molar-refractivity contribution in [1.82, 2.24) is 9.78 Å². The van der Waals surface area contributed by atoms with Gasteiger partial charge in [-0.2, -0.15) is 5.10 Å². The molecular weight excluding hydrogens is 212 g/mol. The van der Waals surface area contributed by atoms with Crippen LogP contribution in [0.2, 0.25) is 5.02 Å². The number of aldehydes is 1. The average molecular weight is 221 g/mol. The van der Waals surface area contributed by atoms with Gasteiger partial charge in [0.1, 0.15) is 0 Å². The number of aryl methyl sites for hydroxylation is 1. The highest BCUT2D eigenvalue weighted by atomic mass is 35.5. The Morgan fingerprint density at radius 1 is 1.47 bits per heavy atom. The normalized spacial score (nSPS) is 10.3. The third kappa shape index (κ3) is 1.92. The van der Waals surface area contributed by atoms with E-state index in [1.807, 2.05) is 25.1 Å². The number of rotatable bonds is 2. The minimum absolute atomic E-state index is 0.548. The molecule has 0 aliphatic heterocycles. The summed E-state index contributed by atoms with van der Waals surface area (Å²) in [4.78, 5) is 10.5. The van der Waals surface area contributed by atoms with E-state index in [0.29, 0.717) is 10.6 Å². The van der Waals surface area contributed by atoms with Crippen LogP contribution in [0, 0.1) is 6.92 Å². The van der Waals surface area contributed by atoms with E-state index in [9.17, 15) is 4.79 Å². The van der Waals surface area contributed by atoms with Gasteiger partial charge < -0.3 is 0 Å². The van der Waals surface area contributed by atoms with Gasteiger partial charge in [-0.15, -0.1) is 0 Å². The van der Waals surface area contributed by atoms with Crippen molar-refractivity contribution in [3.8, 4) is 5.69 Å². The van der Waals surface area contributed by atoms with Crippen molar-refractivity contribution in [2.75, 3.05) is 0 Å². The molecule has 0 fully saturated rings. The SMILES string of the molecule is Cc1ccc(-n2cc(C=O)cn2)cc1Cl. The molecule has 0 saturated carbocycles. The van der Waals surface area contributed by atoms with Gasteiger partial charge in [0.2, 0.25) is 0 Å². The first-order valence-corrected chi connectivity index (χ1v) is 4.85. The lowest BCUT2D eigenvalue weighted by Gasteiger charge is -2.03. The maximum absolute atomic E-state index is 10.5. The molecule has 0 saturated heterocycles. The maximum Gasteiger partial charge on any atom is 0.153 e. The molecule has 0 unspecified atom stereocenters. The Balaban J connectivity index is 2.44. The second-order valence-corrected chi connectivity index (χ2v) is 3.68. The fraction of sp³-hybridized carbons (Fsp3) is 0.0909. The zero-order valence-corrected chi connectivity index (χ0v) is 8.90. The Bertz CT molecular complexity index is 505. The van der Waals surface area contributed by atoms with E-state index in [1.54, 1.807) is 10.9 Å². The third-order valence-electron chi connectivity index (χ3n) is 2.16. The average Bonchev–Trinajstić information content (AvgIpc) is 2.70. The quantitative estimate of drug-likeness (QED) is 0.730. The molecule has 4 heteroatoms. The van der Waals surface area contributed by atoms with E-state index in [0.717, 1.165) is 17.5 Å². The van der Waals surface area contributed by atoms with Crippen LogP contribution in [0.4, 0.5) is 0 Å². The molecule has 0 radical (unpaired) electrons. The van der Waals surface area contributed by atoms with Crippen molar-refractivity contribution in [2.45, 2.75) is 6.92 Å². The maximum atomic E-state index is 10.5. The van der Waals surface area contributed by atoms with Crippen LogP contribution in [0.15, 0.2) is 30.6 Å². The standard InChI is InChI=1S/C11H9ClN2O/c1-8-2-3-10(4-11(8)12)14-6-9(7-15)5-13-14/h2-7H,1H3. The van der Waals surface area contributed by atoms with Gasteiger partial charge in [0.05, 0.1) is 17.4 Å². The second-order valence-electron chi connectivity index (χ2n) is 3.27. The van der Waals surface area contributed by atoms with Crippen molar-refractivity contribution in [3.05, 3.63) is 46.7 Å². The Kier molecular flexibility index (Phi) is 2.56. The largest absolute Gasteiger partial charge is 0.298 e. The molecule has 0 amide bonds. The lowest BCUT2D eigenvalue weighted by Crippen LogP contribution is -1.94. The van der Waals surface area contributed by atoms with Gasteiger partial charge in [-0.25, -0.2) is 4.68 Å². The molecule has 0 spiro atoms. The summed E-state index contributed by atoms with van der Waals surface area (Å²) in [5.74, 6) is 0. The number of carbonyl (C=O) groups is 1. The fourth-order valence-electron chi connectivity index (χ4n) is 1.26. The highest BCUT2D eigenvalue weighted by Crippen LogP contribution is 2.18. The van der Waals surface area contributed by atoms with Gasteiger partial charge >= 0.3 is 0 Å². The number of aromatic nitrogens is 2. The van der Waals surface area contributed by atoms with E-state index < -0.39 is 0 Å². The van der Waals surface area contributed by atoms with Crippen LogP contribution in [-0.2, 0) is 0 Å². The van der Waals surface area contributed by atoms with Gasteiger partial charge in [0.15, 0.2) is 6.29 Å². The molecule has 2 rings (SSSR count). The number of benzene rings is 1. The molecule has 76 valence electrons. The molecule has 1 aromatic carbocycles. The summed E-state index contributed by atoms with van der Waals surface area (Å²) in [7, 11) is 0. The Morgan fingerprint density at radius 3 is 2.87 bits per heavy atom. The predicted octanol–water partition coefficient (Wildman–Crippen LogP) is 2.65. The second kappa shape index (κ2) is 3.87. The predicted molar refractivity (Wildman–Crippen MR) is 58.7 cm³/mol. The Hall–Kier alpha value is -1.61. The van der Waals surface area contributed by atoms with E-state index >= 15 is 0 Å². The van der Waals surface area contributed by atoms with Gasteiger partial charge in [-0.3, -0.25) is 4.79 Å². The topological polar surface area (TPSA) is 34.9 Å². The van der Waals surface area contributed by atoms with Crippen LogP contribution in [0.5, 0.6) is 0 Å². The summed E-state index contributed by atoms with van der Waals surface area (Å²) in [6.07, 6.45) is 3.94. The van der Waals surface area contributed by atoms with Crippen LogP contribution in [-0.4, -0.2) is 16.1 Å². The molecule has 1 heterocycles. The van der Waals surface area contributed by atoms with Crippen molar-refractivity contribution in [2.24, 2.45) is 0 Å². The summed E-state index contributed by atoms with van der Waals surface area (Å²) in [6.45, 7) is 1.94. The summed E-state index contributed by atoms with van der Waals surface area (Å²) in [5, 5.41) is 4.75. The van der Waals surface area contributed by atoms with Crippen LogP contribution >= 0.6 is 11.6 Å². The highest BCUT2D eigenvalue weighted by molar-refractivity contribution is 6.31. The minimum atomic E-state index is 0.548. The van der Waals surface area contributed by atoms with E-state index in [1.165, 1.54) is 6.20 Å². The molecule has 3 nitrogen and oxygen atoms in total. The summed E-state index contributed by atoms with van der Waals surface area (Å²) >= 11 is 5.99. The minimum Gasteiger partial charge on any atom is -0.298 e. The summed E-state index contributed by atoms with van der Waals surface area (Å²) < 4.78 is 1.62. The number of halogens is 1. The third-order valence-corrected chi connectivity index (χ3v) is 2.57. The number of carbonyl (C=O) groups excluding carboxylic acids is 1. The van der Waals surface area contributed by atoms with Gasteiger partial charge in [-0.05, 0) is 24.6 Å². The molecule has 15 heavy (non-hydrogen) atoms. The van der Waals surface area contributed by atoms with Crippen LogP contribution < -0.4 is 0 Å². The van der Waals surface area contributed by atoms with Crippen molar-refractivity contribution < 1.29 is 4.79 Å². The fourth-order valence-corrected chi connectivity index (χ4v) is 1.44. The molecule has 0 aliphatic carbocycles. The van der Waals surface area contributed by atoms with E-state index in [-0.39, 0.29) is 0 Å². The lowest BCUT2D eigenvalue weighted by molar-refractivity contribution is 0.112. The number of hydrogen-bond acceptors (Lipinski definition) is 2. The lowest BCUT2D eigenvalue weighted by atomic mass is 10.2. The van der Waals surface area contributed by atoms with Gasteiger partial charge in [0, 0.05) is 11.2 Å². The van der Waals surface area contributed by atoms with E-state index in [4.69, 9.17) is 11.6 Å². The molecule has 0 bridgehead atoms. The molecule has 0 aliphatic rings. The Morgan fingerprint density at radius 2 is 2.27 bits per heavy atom. The van der Waals surface area contributed by atoms with Crippen LogP contribution in [0.25, 0.3) is 5.69 Å². The van der Waals surface area contributed by atoms with Crippen molar-refractivity contribution >= 4 is 17.9 Å². The van der Waals surface area contributed by atoms with Crippen molar-refractivity contribution in [3.63, 3.8) is 0 Å². The first kappa shape index (κ1) is 9.93. The molecule has 0 atom stereocenters. The zero-order chi connectivity index (χ0) is 10.8. The van der Waals surface area contributed by atoms with E-state index in [2.05, 4.69) is 5.10 Å². The summed E-state index contributed by atoms with van der Waals surface area (Å²) in [6, 6.07) is 5.64. The van der Waals surface area contributed by atoms with Crippen LogP contribution in [0.3, 0.4) is 0 Å². The monoisotopic (exact) mass is 220 g/mol. The molecule has 0 N–H and O–H groups in total. The zero-order valence-electron chi connectivity index (χ0n) is 8.14. The molecule has 2 aromatic rings. The first-order chi connectivity index (χ1) is 7.20. The van der Waals surface area contributed by atoms with Crippen LogP contribution in [0.1, 0.15) is 15.9 Å². The van der Waals surface area contributed by atoms with Crippen molar-refractivity contribution in [1.29, 1.82) is 0 Å². The smallest absolute Gasteiger partial charge is 0.153 e. The first-order valence-electron chi connectivity index (χ1n) is 4.47.